The molecule has 1 N–H and O–H groups in total. The van der Waals surface area contributed by atoms with Gasteiger partial charge in [0.15, 0.2) is 5.11 Å². The van der Waals surface area contributed by atoms with E-state index in [1.54, 1.807) is 26.2 Å². The lowest BCUT2D eigenvalue weighted by Crippen LogP contribution is -2.34. The zero-order valence-corrected chi connectivity index (χ0v) is 16.9. The predicted molar refractivity (Wildman–Crippen MR) is 114 cm³/mol. The zero-order valence-electron chi connectivity index (χ0n) is 15.3. The number of nitrogens with zero attached hydrogens (tertiary/aromatic N) is 1. The van der Waals surface area contributed by atoms with Gasteiger partial charge in [-0.25, -0.2) is 4.79 Å². The van der Waals surface area contributed by atoms with Crippen molar-refractivity contribution in [2.45, 2.75) is 12.3 Å². The molecule has 0 unspecified atom stereocenters. The minimum Gasteiger partial charge on any atom is -0.497 e. The topological polar surface area (TPSA) is 50.8 Å². The van der Waals surface area contributed by atoms with Crippen LogP contribution in [0.2, 0.25) is 0 Å². The van der Waals surface area contributed by atoms with Gasteiger partial charge >= 0.3 is 5.97 Å². The number of methoxy groups -OCH3 is 1. The van der Waals surface area contributed by atoms with Crippen LogP contribution in [0.4, 0.5) is 5.69 Å². The molecule has 5 nitrogen and oxygen atoms in total. The second kappa shape index (κ2) is 9.10. The Morgan fingerprint density at radius 2 is 1.93 bits per heavy atom. The first-order valence-corrected chi connectivity index (χ1v) is 10.2. The average molecular weight is 403 g/mol. The molecule has 142 valence electrons. The second-order valence-corrected chi connectivity index (χ2v) is 7.49. The number of thioether (sulfide) groups is 1. The lowest BCUT2D eigenvalue weighted by Gasteiger charge is -2.27. The third-order valence-electron chi connectivity index (χ3n) is 4.20. The van der Waals surface area contributed by atoms with Gasteiger partial charge in [-0.1, -0.05) is 12.1 Å². The van der Waals surface area contributed by atoms with Crippen LogP contribution >= 0.6 is 24.0 Å². The van der Waals surface area contributed by atoms with E-state index in [0.29, 0.717) is 17.3 Å². The van der Waals surface area contributed by atoms with Crippen molar-refractivity contribution in [1.82, 2.24) is 4.90 Å². The van der Waals surface area contributed by atoms with Crippen LogP contribution in [0.25, 0.3) is 0 Å². The van der Waals surface area contributed by atoms with Crippen molar-refractivity contribution in [1.29, 1.82) is 0 Å². The molecule has 1 heterocycles. The van der Waals surface area contributed by atoms with E-state index in [1.165, 1.54) is 5.56 Å². The van der Waals surface area contributed by atoms with Crippen LogP contribution in [0.5, 0.6) is 5.75 Å². The number of carbonyl (C=O) groups is 1. The Morgan fingerprint density at radius 3 is 2.56 bits per heavy atom. The Hall–Kier alpha value is -2.25. The molecule has 0 bridgehead atoms. The number of hydrogen-bond donors (Lipinski definition) is 1. The first-order chi connectivity index (χ1) is 13.1. The maximum Gasteiger partial charge on any atom is 0.338 e. The standard InChI is InChI=1S/C20H22N2O3S2/c1-3-25-19(23)15-4-8-16(9-5-15)21-20(26)22-12-13-27-18(22)14-6-10-17(24-2)11-7-14/h4-11,18H,3,12-13H2,1-2H3,(H,21,26)/t18-/m0/s1. The van der Waals surface area contributed by atoms with E-state index in [0.717, 1.165) is 23.7 Å². The summed E-state index contributed by atoms with van der Waals surface area (Å²) in [5.74, 6) is 1.54. The van der Waals surface area contributed by atoms with E-state index in [1.807, 2.05) is 36.0 Å². The summed E-state index contributed by atoms with van der Waals surface area (Å²) in [6.07, 6.45) is 0. The van der Waals surface area contributed by atoms with Crippen LogP contribution in [0.15, 0.2) is 48.5 Å². The van der Waals surface area contributed by atoms with Gasteiger partial charge in [0.25, 0.3) is 0 Å². The van der Waals surface area contributed by atoms with Crippen molar-refractivity contribution < 1.29 is 14.3 Å². The fraction of sp³-hybridized carbons (Fsp3) is 0.300. The number of benzene rings is 2. The molecule has 1 saturated heterocycles. The number of carbonyl (C=O) groups excluding carboxylic acids is 1. The lowest BCUT2D eigenvalue weighted by atomic mass is 10.2. The van der Waals surface area contributed by atoms with Gasteiger partial charge in [-0.05, 0) is 61.1 Å². The van der Waals surface area contributed by atoms with Gasteiger partial charge in [-0.2, -0.15) is 0 Å². The molecule has 1 aliphatic heterocycles. The number of hydrogen-bond acceptors (Lipinski definition) is 5. The fourth-order valence-electron chi connectivity index (χ4n) is 2.82. The first-order valence-electron chi connectivity index (χ1n) is 8.72. The van der Waals surface area contributed by atoms with Gasteiger partial charge in [0.1, 0.15) is 11.1 Å². The van der Waals surface area contributed by atoms with Crippen LogP contribution in [-0.4, -0.2) is 42.0 Å². The smallest absolute Gasteiger partial charge is 0.338 e. The largest absolute Gasteiger partial charge is 0.497 e. The highest BCUT2D eigenvalue weighted by Crippen LogP contribution is 2.38. The number of esters is 1. The molecular weight excluding hydrogens is 380 g/mol. The van der Waals surface area contributed by atoms with E-state index in [9.17, 15) is 4.79 Å². The summed E-state index contributed by atoms with van der Waals surface area (Å²) in [5.41, 5.74) is 2.57. The zero-order chi connectivity index (χ0) is 19.2. The van der Waals surface area contributed by atoms with Crippen LogP contribution in [-0.2, 0) is 4.74 Å². The second-order valence-electron chi connectivity index (χ2n) is 5.92. The van der Waals surface area contributed by atoms with Crippen LogP contribution < -0.4 is 10.1 Å². The molecule has 0 spiro atoms. The minimum atomic E-state index is -0.317. The van der Waals surface area contributed by atoms with Crippen LogP contribution in [0, 0.1) is 0 Å². The highest BCUT2D eigenvalue weighted by atomic mass is 32.2. The van der Waals surface area contributed by atoms with Crippen molar-refractivity contribution in [3.05, 3.63) is 59.7 Å². The Balaban J connectivity index is 1.66. The molecule has 1 atom stereocenters. The van der Waals surface area contributed by atoms with Gasteiger partial charge in [-0.3, -0.25) is 0 Å². The summed E-state index contributed by atoms with van der Waals surface area (Å²) in [5, 5.41) is 4.12. The first kappa shape index (κ1) is 19.5. The van der Waals surface area contributed by atoms with Gasteiger partial charge in [0.2, 0.25) is 0 Å². The molecular formula is C20H22N2O3S2. The van der Waals surface area contributed by atoms with E-state index < -0.39 is 0 Å². The molecule has 0 aliphatic carbocycles. The van der Waals surface area contributed by atoms with Gasteiger partial charge in [-0.15, -0.1) is 11.8 Å². The molecule has 1 fully saturated rings. The molecule has 0 amide bonds. The number of anilines is 1. The molecule has 2 aromatic carbocycles. The highest BCUT2D eigenvalue weighted by molar-refractivity contribution is 7.99. The van der Waals surface area contributed by atoms with Crippen molar-refractivity contribution in [2.24, 2.45) is 0 Å². The summed E-state index contributed by atoms with van der Waals surface area (Å²) in [6, 6.07) is 15.2. The summed E-state index contributed by atoms with van der Waals surface area (Å²) < 4.78 is 10.2. The average Bonchev–Trinajstić information content (AvgIpc) is 3.19. The summed E-state index contributed by atoms with van der Waals surface area (Å²) in [4.78, 5) is 13.9. The highest BCUT2D eigenvalue weighted by Gasteiger charge is 2.28. The number of thiocarbonyl (C=S) groups is 1. The summed E-state index contributed by atoms with van der Waals surface area (Å²) in [6.45, 7) is 3.04. The van der Waals surface area contributed by atoms with Gasteiger partial charge < -0.3 is 19.7 Å². The van der Waals surface area contributed by atoms with E-state index >= 15 is 0 Å². The summed E-state index contributed by atoms with van der Waals surface area (Å²) in [7, 11) is 1.66. The maximum absolute atomic E-state index is 11.7. The maximum atomic E-state index is 11.7. The number of nitrogens with one attached hydrogen (secondary N) is 1. The van der Waals surface area contributed by atoms with E-state index in [4.69, 9.17) is 21.7 Å². The lowest BCUT2D eigenvalue weighted by molar-refractivity contribution is 0.0526. The molecule has 27 heavy (non-hydrogen) atoms. The predicted octanol–water partition coefficient (Wildman–Crippen LogP) is 4.32. The molecule has 0 saturated carbocycles. The Kier molecular flexibility index (Phi) is 6.58. The molecule has 2 aromatic rings. The normalized spacial score (nSPS) is 16.1. The number of rotatable bonds is 5. The number of ether oxygens (including phenoxy) is 2. The Labute approximate surface area is 169 Å². The van der Waals surface area contributed by atoms with Crippen LogP contribution in [0.1, 0.15) is 28.2 Å². The molecule has 0 aromatic heterocycles. The molecule has 1 aliphatic rings. The molecule has 0 radical (unpaired) electrons. The van der Waals surface area contributed by atoms with Crippen molar-refractivity contribution in [2.75, 3.05) is 31.3 Å². The van der Waals surface area contributed by atoms with Crippen LogP contribution in [0.3, 0.4) is 0 Å². The Morgan fingerprint density at radius 1 is 1.22 bits per heavy atom. The van der Waals surface area contributed by atoms with E-state index in [-0.39, 0.29) is 11.3 Å². The fourth-order valence-corrected chi connectivity index (χ4v) is 4.47. The minimum absolute atomic E-state index is 0.176. The van der Waals surface area contributed by atoms with E-state index in [2.05, 4.69) is 22.3 Å². The third kappa shape index (κ3) is 4.73. The SMILES string of the molecule is CCOC(=O)c1ccc(NC(=S)N2CCS[C@H]2c2ccc(OC)cc2)cc1. The van der Waals surface area contributed by atoms with Gasteiger partial charge in [0, 0.05) is 18.0 Å². The quantitative estimate of drug-likeness (QED) is 0.590. The summed E-state index contributed by atoms with van der Waals surface area (Å²) >= 11 is 7.50. The van der Waals surface area contributed by atoms with Crippen molar-refractivity contribution >= 4 is 40.7 Å². The van der Waals surface area contributed by atoms with Gasteiger partial charge in [0.05, 0.1) is 19.3 Å². The molecule has 3 rings (SSSR count). The molecule has 7 heteroatoms. The Bertz CT molecular complexity index is 794. The van der Waals surface area contributed by atoms with Crippen molar-refractivity contribution in [3.8, 4) is 5.75 Å². The monoisotopic (exact) mass is 402 g/mol. The third-order valence-corrected chi connectivity index (χ3v) is 5.80. The van der Waals surface area contributed by atoms with Crippen molar-refractivity contribution in [3.63, 3.8) is 0 Å².